The predicted octanol–water partition coefficient (Wildman–Crippen LogP) is 5.05. The van der Waals surface area contributed by atoms with E-state index < -0.39 is 0 Å². The SMILES string of the molecule is O=c1cc(-c2ccccc2)oc2ccc(Cc3ccccc3)cc12. The minimum absolute atomic E-state index is 0.00925. The molecule has 0 saturated carbocycles. The Hall–Kier alpha value is -3.13. The Morgan fingerprint density at radius 2 is 1.42 bits per heavy atom. The zero-order chi connectivity index (χ0) is 16.4. The van der Waals surface area contributed by atoms with Crippen molar-refractivity contribution in [2.75, 3.05) is 0 Å². The molecule has 0 aliphatic heterocycles. The fourth-order valence-corrected chi connectivity index (χ4v) is 2.89. The number of fused-ring (bicyclic) bond motifs is 1. The first-order valence-corrected chi connectivity index (χ1v) is 7.96. The van der Waals surface area contributed by atoms with E-state index in [0.717, 1.165) is 17.5 Å². The molecule has 1 aromatic heterocycles. The lowest BCUT2D eigenvalue weighted by Gasteiger charge is -2.06. The summed E-state index contributed by atoms with van der Waals surface area (Å²) in [6.07, 6.45) is 0.802. The van der Waals surface area contributed by atoms with Gasteiger partial charge in [0.15, 0.2) is 5.43 Å². The van der Waals surface area contributed by atoms with Gasteiger partial charge in [0.1, 0.15) is 11.3 Å². The van der Waals surface area contributed by atoms with Crippen molar-refractivity contribution in [2.45, 2.75) is 6.42 Å². The van der Waals surface area contributed by atoms with Gasteiger partial charge in [0.05, 0.1) is 5.39 Å². The quantitative estimate of drug-likeness (QED) is 0.530. The summed E-state index contributed by atoms with van der Waals surface area (Å²) < 4.78 is 5.93. The van der Waals surface area contributed by atoms with Crippen molar-refractivity contribution in [3.63, 3.8) is 0 Å². The van der Waals surface area contributed by atoms with Crippen LogP contribution in [0.5, 0.6) is 0 Å². The second-order valence-electron chi connectivity index (χ2n) is 5.83. The lowest BCUT2D eigenvalue weighted by molar-refractivity contribution is 0.619. The molecule has 2 nitrogen and oxygen atoms in total. The van der Waals surface area contributed by atoms with E-state index >= 15 is 0 Å². The molecule has 0 fully saturated rings. The highest BCUT2D eigenvalue weighted by atomic mass is 16.3. The lowest BCUT2D eigenvalue weighted by Crippen LogP contribution is -2.01. The van der Waals surface area contributed by atoms with Crippen molar-refractivity contribution in [2.24, 2.45) is 0 Å². The molecule has 24 heavy (non-hydrogen) atoms. The van der Waals surface area contributed by atoms with Gasteiger partial charge in [0.2, 0.25) is 0 Å². The Kier molecular flexibility index (Phi) is 3.72. The van der Waals surface area contributed by atoms with E-state index in [9.17, 15) is 4.79 Å². The van der Waals surface area contributed by atoms with Crippen LogP contribution in [0.25, 0.3) is 22.3 Å². The second-order valence-corrected chi connectivity index (χ2v) is 5.83. The lowest BCUT2D eigenvalue weighted by atomic mass is 10.0. The second kappa shape index (κ2) is 6.17. The third-order valence-corrected chi connectivity index (χ3v) is 4.10. The van der Waals surface area contributed by atoms with Crippen molar-refractivity contribution in [3.05, 3.63) is 106 Å². The number of hydrogen-bond donors (Lipinski definition) is 0. The van der Waals surface area contributed by atoms with Crippen LogP contribution in [0.2, 0.25) is 0 Å². The van der Waals surface area contributed by atoms with Gasteiger partial charge < -0.3 is 4.42 Å². The molecular weight excluding hydrogens is 296 g/mol. The van der Waals surface area contributed by atoms with Gasteiger partial charge in [-0.2, -0.15) is 0 Å². The van der Waals surface area contributed by atoms with Gasteiger partial charge in [-0.3, -0.25) is 4.79 Å². The molecular formula is C22H16O2. The van der Waals surface area contributed by atoms with Crippen molar-refractivity contribution in [1.29, 1.82) is 0 Å². The molecule has 0 spiro atoms. The van der Waals surface area contributed by atoms with Gasteiger partial charge in [-0.15, -0.1) is 0 Å². The van der Waals surface area contributed by atoms with E-state index in [-0.39, 0.29) is 5.43 Å². The molecule has 0 amide bonds. The normalized spacial score (nSPS) is 10.8. The van der Waals surface area contributed by atoms with Crippen LogP contribution in [0, 0.1) is 0 Å². The zero-order valence-corrected chi connectivity index (χ0v) is 13.1. The first-order chi connectivity index (χ1) is 11.8. The fourth-order valence-electron chi connectivity index (χ4n) is 2.89. The molecule has 0 unspecified atom stereocenters. The Morgan fingerprint density at radius 3 is 2.17 bits per heavy atom. The third-order valence-electron chi connectivity index (χ3n) is 4.10. The molecule has 4 aromatic rings. The smallest absolute Gasteiger partial charge is 0.193 e. The van der Waals surface area contributed by atoms with Crippen LogP contribution in [0.1, 0.15) is 11.1 Å². The molecule has 2 heteroatoms. The average molecular weight is 312 g/mol. The van der Waals surface area contributed by atoms with Crippen molar-refractivity contribution in [3.8, 4) is 11.3 Å². The van der Waals surface area contributed by atoms with Crippen LogP contribution >= 0.6 is 0 Å². The molecule has 0 N–H and O–H groups in total. The van der Waals surface area contributed by atoms with Crippen LogP contribution in [-0.4, -0.2) is 0 Å². The summed E-state index contributed by atoms with van der Waals surface area (Å²) in [5, 5.41) is 0.628. The highest BCUT2D eigenvalue weighted by Gasteiger charge is 2.08. The maximum atomic E-state index is 12.5. The average Bonchev–Trinajstić information content (AvgIpc) is 2.64. The Morgan fingerprint density at radius 1 is 0.708 bits per heavy atom. The molecule has 0 aliphatic carbocycles. The maximum absolute atomic E-state index is 12.5. The molecule has 4 rings (SSSR count). The Labute approximate surface area is 140 Å². The van der Waals surface area contributed by atoms with E-state index in [1.807, 2.05) is 66.7 Å². The summed E-state index contributed by atoms with van der Waals surface area (Å²) in [6.45, 7) is 0. The largest absolute Gasteiger partial charge is 0.456 e. The maximum Gasteiger partial charge on any atom is 0.193 e. The molecule has 3 aromatic carbocycles. The van der Waals surface area contributed by atoms with Crippen LogP contribution < -0.4 is 5.43 Å². The first kappa shape index (κ1) is 14.5. The number of benzene rings is 3. The summed E-state index contributed by atoms with van der Waals surface area (Å²) in [5.74, 6) is 0.601. The summed E-state index contributed by atoms with van der Waals surface area (Å²) in [6, 6.07) is 27.3. The van der Waals surface area contributed by atoms with Gasteiger partial charge in [0, 0.05) is 11.6 Å². The number of hydrogen-bond acceptors (Lipinski definition) is 2. The molecule has 0 aliphatic rings. The van der Waals surface area contributed by atoms with E-state index in [2.05, 4.69) is 12.1 Å². The summed E-state index contributed by atoms with van der Waals surface area (Å²) in [7, 11) is 0. The van der Waals surface area contributed by atoms with Crippen molar-refractivity contribution in [1.82, 2.24) is 0 Å². The van der Waals surface area contributed by atoms with E-state index in [1.54, 1.807) is 6.07 Å². The topological polar surface area (TPSA) is 30.2 Å². The molecule has 0 radical (unpaired) electrons. The van der Waals surface area contributed by atoms with Gasteiger partial charge in [-0.1, -0.05) is 66.7 Å². The molecule has 116 valence electrons. The first-order valence-electron chi connectivity index (χ1n) is 7.96. The van der Waals surface area contributed by atoms with Crippen LogP contribution in [0.3, 0.4) is 0 Å². The highest BCUT2D eigenvalue weighted by Crippen LogP contribution is 2.23. The van der Waals surface area contributed by atoms with Gasteiger partial charge in [-0.25, -0.2) is 0 Å². The highest BCUT2D eigenvalue weighted by molar-refractivity contribution is 5.79. The molecule has 1 heterocycles. The Balaban J connectivity index is 1.76. The van der Waals surface area contributed by atoms with E-state index in [1.165, 1.54) is 5.56 Å². The molecule has 0 atom stereocenters. The van der Waals surface area contributed by atoms with Crippen LogP contribution in [-0.2, 0) is 6.42 Å². The summed E-state index contributed by atoms with van der Waals surface area (Å²) >= 11 is 0. The van der Waals surface area contributed by atoms with Crippen LogP contribution in [0.15, 0.2) is 94.1 Å². The van der Waals surface area contributed by atoms with Crippen LogP contribution in [0.4, 0.5) is 0 Å². The minimum Gasteiger partial charge on any atom is -0.456 e. The van der Waals surface area contributed by atoms with Crippen molar-refractivity contribution < 1.29 is 4.42 Å². The minimum atomic E-state index is -0.00925. The van der Waals surface area contributed by atoms with E-state index in [4.69, 9.17) is 4.42 Å². The summed E-state index contributed by atoms with van der Waals surface area (Å²) in [4.78, 5) is 12.5. The molecule has 0 bridgehead atoms. The third kappa shape index (κ3) is 2.86. The predicted molar refractivity (Wildman–Crippen MR) is 97.2 cm³/mol. The van der Waals surface area contributed by atoms with Gasteiger partial charge in [-0.05, 0) is 29.7 Å². The zero-order valence-electron chi connectivity index (χ0n) is 13.1. The van der Waals surface area contributed by atoms with Gasteiger partial charge in [0.25, 0.3) is 0 Å². The fraction of sp³-hybridized carbons (Fsp3) is 0.0455. The van der Waals surface area contributed by atoms with Crippen molar-refractivity contribution >= 4 is 11.0 Å². The monoisotopic (exact) mass is 312 g/mol. The standard InChI is InChI=1S/C22H16O2/c23-20-15-22(18-9-5-2-6-10-18)24-21-12-11-17(14-19(20)21)13-16-7-3-1-4-8-16/h1-12,14-15H,13H2. The van der Waals surface area contributed by atoms with E-state index in [0.29, 0.717) is 16.7 Å². The summed E-state index contributed by atoms with van der Waals surface area (Å²) in [5.41, 5.74) is 3.85. The number of rotatable bonds is 3. The molecule has 0 saturated heterocycles. The Bertz CT molecular complexity index is 1030. The van der Waals surface area contributed by atoms with Gasteiger partial charge >= 0.3 is 0 Å².